The minimum atomic E-state index is -0.0139. The molecular weight excluding hydrogens is 114 g/mol. The molecule has 2 nitrogen and oxygen atoms in total. The van der Waals surface area contributed by atoms with E-state index >= 15 is 0 Å². The quantitative estimate of drug-likeness (QED) is 0.435. The van der Waals surface area contributed by atoms with Crippen LogP contribution in [-0.4, -0.2) is 18.5 Å². The lowest BCUT2D eigenvalue weighted by molar-refractivity contribution is -0.108. The van der Waals surface area contributed by atoms with Crippen LogP contribution < -0.4 is 0 Å². The molecule has 9 heavy (non-hydrogen) atoms. The van der Waals surface area contributed by atoms with Gasteiger partial charge in [-0.1, -0.05) is 12.2 Å². The van der Waals surface area contributed by atoms with Crippen LogP contribution in [0.25, 0.3) is 0 Å². The molecule has 1 aliphatic rings. The molecule has 1 aliphatic carbocycles. The van der Waals surface area contributed by atoms with Crippen LogP contribution >= 0.6 is 0 Å². The lowest BCUT2D eigenvalue weighted by Gasteiger charge is -1.95. The third kappa shape index (κ3) is 1.13. The van der Waals surface area contributed by atoms with Gasteiger partial charge in [-0.15, -0.1) is 0 Å². The molecule has 0 heterocycles. The topological polar surface area (TPSA) is 29.4 Å². The lowest BCUT2D eigenvalue weighted by atomic mass is 10.1. The fourth-order valence-corrected chi connectivity index (χ4v) is 0.642. The van der Waals surface area contributed by atoms with E-state index in [0.717, 1.165) is 0 Å². The van der Waals surface area contributed by atoms with E-state index in [-0.39, 0.29) is 5.78 Å². The smallest absolute Gasteiger partial charge is 0.203 e. The van der Waals surface area contributed by atoms with Crippen molar-refractivity contribution in [1.29, 1.82) is 0 Å². The van der Waals surface area contributed by atoms with Crippen LogP contribution in [0, 0.1) is 0 Å². The second-order valence-electron chi connectivity index (χ2n) is 1.69. The van der Waals surface area contributed by atoms with Gasteiger partial charge in [0.1, 0.15) is 5.71 Å². The molecule has 1 rings (SSSR count). The molecule has 0 atom stereocenters. The molecule has 0 radical (unpaired) electrons. The normalized spacial score (nSPS) is 21.4. The van der Waals surface area contributed by atoms with Gasteiger partial charge in [0.15, 0.2) is 0 Å². The summed E-state index contributed by atoms with van der Waals surface area (Å²) in [5, 5.41) is 0. The second kappa shape index (κ2) is 2.40. The third-order valence-corrected chi connectivity index (χ3v) is 1.11. The minimum Gasteiger partial charge on any atom is -0.288 e. The monoisotopic (exact) mass is 121 g/mol. The Morgan fingerprint density at radius 1 is 1.33 bits per heavy atom. The van der Waals surface area contributed by atoms with E-state index in [0.29, 0.717) is 5.71 Å². The van der Waals surface area contributed by atoms with E-state index in [4.69, 9.17) is 0 Å². The SMILES string of the molecule is C/N=C1/C=CC=CC1=O. The Balaban J connectivity index is 2.91. The van der Waals surface area contributed by atoms with E-state index in [1.54, 1.807) is 25.3 Å². The molecule has 0 spiro atoms. The predicted octanol–water partition coefficient (Wildman–Crippen LogP) is 0.752. The summed E-state index contributed by atoms with van der Waals surface area (Å²) in [7, 11) is 1.61. The number of aliphatic imine (C=N–C) groups is 1. The maximum absolute atomic E-state index is 10.8. The molecule has 0 aliphatic heterocycles. The van der Waals surface area contributed by atoms with Crippen LogP contribution in [0.15, 0.2) is 29.3 Å². The van der Waals surface area contributed by atoms with Crippen LogP contribution in [0.3, 0.4) is 0 Å². The summed E-state index contributed by atoms with van der Waals surface area (Å²) in [5.41, 5.74) is 0.525. The van der Waals surface area contributed by atoms with Crippen molar-refractivity contribution in [1.82, 2.24) is 0 Å². The van der Waals surface area contributed by atoms with Crippen molar-refractivity contribution >= 4 is 11.5 Å². The van der Waals surface area contributed by atoms with Gasteiger partial charge in [0.2, 0.25) is 5.78 Å². The Labute approximate surface area is 53.6 Å². The summed E-state index contributed by atoms with van der Waals surface area (Å²) in [6.07, 6.45) is 6.70. The molecule has 0 saturated carbocycles. The van der Waals surface area contributed by atoms with Crippen molar-refractivity contribution < 1.29 is 4.79 Å². The van der Waals surface area contributed by atoms with Crippen LogP contribution in [0.4, 0.5) is 0 Å². The summed E-state index contributed by atoms with van der Waals surface area (Å²) < 4.78 is 0. The Hall–Kier alpha value is -1.18. The highest BCUT2D eigenvalue weighted by Gasteiger charge is 2.03. The van der Waals surface area contributed by atoms with Crippen LogP contribution in [-0.2, 0) is 4.79 Å². The number of ketones is 1. The second-order valence-corrected chi connectivity index (χ2v) is 1.69. The number of hydrogen-bond acceptors (Lipinski definition) is 2. The molecule has 0 N–H and O–H groups in total. The largest absolute Gasteiger partial charge is 0.288 e. The zero-order chi connectivity index (χ0) is 6.69. The van der Waals surface area contributed by atoms with Crippen LogP contribution in [0.2, 0.25) is 0 Å². The summed E-state index contributed by atoms with van der Waals surface area (Å²) in [5.74, 6) is -0.0139. The molecule has 0 aromatic rings. The number of rotatable bonds is 0. The summed E-state index contributed by atoms with van der Waals surface area (Å²) in [4.78, 5) is 14.5. The zero-order valence-corrected chi connectivity index (χ0v) is 5.16. The average molecular weight is 121 g/mol. The molecule has 0 unspecified atom stereocenters. The van der Waals surface area contributed by atoms with E-state index in [1.807, 2.05) is 0 Å². The number of nitrogens with zero attached hydrogens (tertiary/aromatic N) is 1. The molecule has 0 saturated heterocycles. The molecule has 46 valence electrons. The lowest BCUT2D eigenvalue weighted by Crippen LogP contribution is -2.09. The van der Waals surface area contributed by atoms with Crippen molar-refractivity contribution in [3.05, 3.63) is 24.3 Å². The van der Waals surface area contributed by atoms with Gasteiger partial charge < -0.3 is 0 Å². The van der Waals surface area contributed by atoms with Gasteiger partial charge in [-0.25, -0.2) is 0 Å². The summed E-state index contributed by atoms with van der Waals surface area (Å²) in [6.45, 7) is 0. The number of carbonyl (C=O) groups is 1. The van der Waals surface area contributed by atoms with Gasteiger partial charge >= 0.3 is 0 Å². The highest BCUT2D eigenvalue weighted by Crippen LogP contribution is 1.93. The maximum atomic E-state index is 10.8. The number of carbonyl (C=O) groups excluding carboxylic acids is 1. The van der Waals surface area contributed by atoms with Gasteiger partial charge in [0.05, 0.1) is 0 Å². The average Bonchev–Trinajstić information content (AvgIpc) is 1.89. The van der Waals surface area contributed by atoms with E-state index in [2.05, 4.69) is 4.99 Å². The molecule has 0 fully saturated rings. The highest BCUT2D eigenvalue weighted by atomic mass is 16.1. The Kier molecular flexibility index (Phi) is 1.58. The highest BCUT2D eigenvalue weighted by molar-refractivity contribution is 6.48. The van der Waals surface area contributed by atoms with Gasteiger partial charge in [0.25, 0.3) is 0 Å². The molecule has 0 aromatic carbocycles. The fraction of sp³-hybridized carbons (Fsp3) is 0.143. The van der Waals surface area contributed by atoms with Crippen molar-refractivity contribution in [2.24, 2.45) is 4.99 Å². The number of hydrogen-bond donors (Lipinski definition) is 0. The first-order valence-corrected chi connectivity index (χ1v) is 2.70. The van der Waals surface area contributed by atoms with E-state index < -0.39 is 0 Å². The van der Waals surface area contributed by atoms with Crippen molar-refractivity contribution in [2.45, 2.75) is 0 Å². The standard InChI is InChI=1S/C7H7NO/c1-8-6-4-2-3-5-7(6)9/h2-5H,1H3/b8-6-. The maximum Gasteiger partial charge on any atom is 0.203 e. The Morgan fingerprint density at radius 2 is 2.00 bits per heavy atom. The molecular formula is C7H7NO. The molecule has 0 amide bonds. The van der Waals surface area contributed by atoms with Crippen LogP contribution in [0.5, 0.6) is 0 Å². The van der Waals surface area contributed by atoms with Crippen LogP contribution in [0.1, 0.15) is 0 Å². The molecule has 0 bridgehead atoms. The van der Waals surface area contributed by atoms with Crippen molar-refractivity contribution in [3.8, 4) is 0 Å². The summed E-state index contributed by atoms with van der Waals surface area (Å²) >= 11 is 0. The van der Waals surface area contributed by atoms with Gasteiger partial charge in [-0.05, 0) is 12.2 Å². The van der Waals surface area contributed by atoms with Gasteiger partial charge in [-0.2, -0.15) is 0 Å². The zero-order valence-electron chi connectivity index (χ0n) is 5.16. The Bertz CT molecular complexity index is 211. The third-order valence-electron chi connectivity index (χ3n) is 1.11. The Morgan fingerprint density at radius 3 is 2.44 bits per heavy atom. The van der Waals surface area contributed by atoms with Crippen molar-refractivity contribution in [2.75, 3.05) is 7.05 Å². The summed E-state index contributed by atoms with van der Waals surface area (Å²) in [6, 6.07) is 0. The van der Waals surface area contributed by atoms with E-state index in [9.17, 15) is 4.79 Å². The molecule has 0 aromatic heterocycles. The first-order valence-electron chi connectivity index (χ1n) is 2.70. The first kappa shape index (κ1) is 5.95. The predicted molar refractivity (Wildman–Crippen MR) is 36.6 cm³/mol. The fourth-order valence-electron chi connectivity index (χ4n) is 0.642. The first-order chi connectivity index (χ1) is 4.34. The van der Waals surface area contributed by atoms with Crippen molar-refractivity contribution in [3.63, 3.8) is 0 Å². The van der Waals surface area contributed by atoms with E-state index in [1.165, 1.54) is 6.08 Å². The molecule has 2 heteroatoms. The minimum absolute atomic E-state index is 0.0139. The number of allylic oxidation sites excluding steroid dienone is 4. The van der Waals surface area contributed by atoms with Gasteiger partial charge in [0, 0.05) is 7.05 Å². The van der Waals surface area contributed by atoms with Gasteiger partial charge in [-0.3, -0.25) is 9.79 Å².